The number of rotatable bonds is 23. The highest BCUT2D eigenvalue weighted by Crippen LogP contribution is 2.17. The Morgan fingerprint density at radius 3 is 1.32 bits per heavy atom. The fourth-order valence-electron chi connectivity index (χ4n) is 3.36. The Balaban J connectivity index is 1.34. The van der Waals surface area contributed by atoms with E-state index in [0.29, 0.717) is 88.0 Å². The van der Waals surface area contributed by atoms with Gasteiger partial charge < -0.3 is 28.4 Å². The molecule has 226 valence electrons. The van der Waals surface area contributed by atoms with Crippen molar-refractivity contribution in [2.45, 2.75) is 30.1 Å². The minimum absolute atomic E-state index is 0.0680. The molecule has 0 saturated heterocycles. The van der Waals surface area contributed by atoms with Crippen molar-refractivity contribution in [1.29, 1.82) is 0 Å². The van der Waals surface area contributed by atoms with Crippen LogP contribution in [0.5, 0.6) is 5.75 Å². The maximum Gasteiger partial charge on any atom is 0.180 e. The van der Waals surface area contributed by atoms with Crippen molar-refractivity contribution >= 4 is 19.7 Å². The van der Waals surface area contributed by atoms with Crippen LogP contribution in [0.4, 0.5) is 0 Å². The van der Waals surface area contributed by atoms with Crippen LogP contribution in [-0.2, 0) is 43.4 Å². The summed E-state index contributed by atoms with van der Waals surface area (Å²) >= 11 is 0. The molecule has 0 aliphatic carbocycles. The summed E-state index contributed by atoms with van der Waals surface area (Å²) in [5.74, 6) is 0.656. The van der Waals surface area contributed by atoms with Crippen LogP contribution >= 0.6 is 0 Å². The van der Waals surface area contributed by atoms with Crippen LogP contribution in [0.1, 0.15) is 18.9 Å². The van der Waals surface area contributed by atoms with E-state index in [4.69, 9.17) is 28.4 Å². The SMILES string of the molecule is CCCS(=O)(=O)c1ccc(OCCOCCOCCOCCOCCOCCS(=O)(=O)c2ccc(C)cc2)cc1. The Labute approximate surface area is 238 Å². The van der Waals surface area contributed by atoms with Crippen molar-refractivity contribution in [2.75, 3.05) is 84.2 Å². The van der Waals surface area contributed by atoms with Crippen LogP contribution < -0.4 is 4.74 Å². The van der Waals surface area contributed by atoms with Crippen molar-refractivity contribution in [2.24, 2.45) is 0 Å². The molecule has 10 nitrogen and oxygen atoms in total. The molecular weight excluding hydrogens is 560 g/mol. The van der Waals surface area contributed by atoms with E-state index < -0.39 is 19.7 Å². The lowest BCUT2D eigenvalue weighted by Gasteiger charge is -2.09. The Morgan fingerprint density at radius 2 is 0.875 bits per heavy atom. The molecule has 0 radical (unpaired) electrons. The predicted octanol–water partition coefficient (Wildman–Crippen LogP) is 3.11. The third kappa shape index (κ3) is 14.0. The number of benzene rings is 2. The number of ether oxygens (including phenoxy) is 6. The molecule has 0 bridgehead atoms. The van der Waals surface area contributed by atoms with Crippen LogP contribution in [0.15, 0.2) is 58.3 Å². The maximum atomic E-state index is 12.2. The minimum atomic E-state index is -3.34. The molecule has 0 fully saturated rings. The largest absolute Gasteiger partial charge is 0.491 e. The van der Waals surface area contributed by atoms with Gasteiger partial charge in [-0.15, -0.1) is 0 Å². The predicted molar refractivity (Wildman–Crippen MR) is 152 cm³/mol. The average Bonchev–Trinajstić information content (AvgIpc) is 2.93. The summed E-state index contributed by atoms with van der Waals surface area (Å²) in [6.45, 7) is 7.82. The number of aryl methyl sites for hydroxylation is 1. The maximum absolute atomic E-state index is 12.2. The Hall–Kier alpha value is -2.06. The molecule has 2 rings (SSSR count). The molecule has 0 heterocycles. The van der Waals surface area contributed by atoms with Gasteiger partial charge in [0.1, 0.15) is 12.4 Å². The number of sulfone groups is 2. The number of hydrogen-bond donors (Lipinski definition) is 0. The molecule has 0 aromatic heterocycles. The first-order valence-electron chi connectivity index (χ1n) is 13.4. The fourth-order valence-corrected chi connectivity index (χ4v) is 5.81. The van der Waals surface area contributed by atoms with Gasteiger partial charge >= 0.3 is 0 Å². The monoisotopic (exact) mass is 602 g/mol. The summed E-state index contributed by atoms with van der Waals surface area (Å²) in [7, 11) is -6.56. The van der Waals surface area contributed by atoms with Crippen LogP contribution in [-0.4, -0.2) is 101 Å². The van der Waals surface area contributed by atoms with Crippen molar-refractivity contribution in [3.05, 3.63) is 54.1 Å². The van der Waals surface area contributed by atoms with E-state index in [1.54, 1.807) is 48.5 Å². The Kier molecular flexibility index (Phi) is 16.3. The van der Waals surface area contributed by atoms with Gasteiger partial charge in [-0.1, -0.05) is 24.6 Å². The normalized spacial score (nSPS) is 12.1. The fraction of sp³-hybridized carbons (Fsp3) is 0.571. The van der Waals surface area contributed by atoms with Gasteiger partial charge in [0, 0.05) is 0 Å². The van der Waals surface area contributed by atoms with Gasteiger partial charge in [-0.2, -0.15) is 0 Å². The Bertz CT molecular complexity index is 1150. The third-order valence-corrected chi connectivity index (χ3v) is 9.15. The molecule has 2 aromatic rings. The van der Waals surface area contributed by atoms with Crippen LogP contribution in [0.3, 0.4) is 0 Å². The first-order chi connectivity index (χ1) is 19.2. The van der Waals surface area contributed by atoms with E-state index in [0.717, 1.165) is 5.56 Å². The van der Waals surface area contributed by atoms with Crippen molar-refractivity contribution in [3.63, 3.8) is 0 Å². The van der Waals surface area contributed by atoms with Crippen molar-refractivity contribution in [3.8, 4) is 5.75 Å². The zero-order valence-corrected chi connectivity index (χ0v) is 25.1. The lowest BCUT2D eigenvalue weighted by atomic mass is 10.2. The zero-order valence-electron chi connectivity index (χ0n) is 23.4. The van der Waals surface area contributed by atoms with Crippen molar-refractivity contribution < 1.29 is 45.3 Å². The zero-order chi connectivity index (χ0) is 29.1. The lowest BCUT2D eigenvalue weighted by molar-refractivity contribution is -0.0118. The second-order valence-electron chi connectivity index (χ2n) is 8.83. The quantitative estimate of drug-likeness (QED) is 0.175. The van der Waals surface area contributed by atoms with Crippen LogP contribution in [0, 0.1) is 6.92 Å². The molecular formula is C28H42O10S2. The lowest BCUT2D eigenvalue weighted by Crippen LogP contribution is -2.16. The highest BCUT2D eigenvalue weighted by Gasteiger charge is 2.14. The topological polar surface area (TPSA) is 124 Å². The van der Waals surface area contributed by atoms with Gasteiger partial charge in [0.15, 0.2) is 19.7 Å². The summed E-state index contributed by atoms with van der Waals surface area (Å²) in [6, 6.07) is 13.2. The van der Waals surface area contributed by atoms with Crippen molar-refractivity contribution in [1.82, 2.24) is 0 Å². The third-order valence-electron chi connectivity index (χ3n) is 5.52. The van der Waals surface area contributed by atoms with Gasteiger partial charge in [-0.05, 0) is 49.7 Å². The first-order valence-corrected chi connectivity index (χ1v) is 16.7. The van der Waals surface area contributed by atoms with Crippen LogP contribution in [0.25, 0.3) is 0 Å². The highest BCUT2D eigenvalue weighted by molar-refractivity contribution is 7.91. The van der Waals surface area contributed by atoms with Gasteiger partial charge in [0.2, 0.25) is 0 Å². The van der Waals surface area contributed by atoms with Gasteiger partial charge in [0.25, 0.3) is 0 Å². The second-order valence-corrected chi connectivity index (χ2v) is 13.1. The highest BCUT2D eigenvalue weighted by atomic mass is 32.2. The summed E-state index contributed by atoms with van der Waals surface area (Å²) < 4.78 is 81.2. The molecule has 0 aliphatic heterocycles. The molecule has 0 N–H and O–H groups in total. The van der Waals surface area contributed by atoms with E-state index in [1.807, 2.05) is 13.8 Å². The molecule has 0 aliphatic rings. The van der Waals surface area contributed by atoms with E-state index in [9.17, 15) is 16.8 Å². The molecule has 0 unspecified atom stereocenters. The Morgan fingerprint density at radius 1 is 0.500 bits per heavy atom. The molecule has 12 heteroatoms. The summed E-state index contributed by atoms with van der Waals surface area (Å²) in [4.78, 5) is 0.609. The van der Waals surface area contributed by atoms with Gasteiger partial charge in [-0.25, -0.2) is 16.8 Å². The second kappa shape index (κ2) is 19.1. The molecule has 40 heavy (non-hydrogen) atoms. The first kappa shape index (κ1) is 34.1. The van der Waals surface area contributed by atoms with E-state index in [2.05, 4.69) is 0 Å². The summed E-state index contributed by atoms with van der Waals surface area (Å²) in [5, 5.41) is 0. The summed E-state index contributed by atoms with van der Waals surface area (Å²) in [6.07, 6.45) is 0.579. The molecule has 0 atom stereocenters. The number of hydrogen-bond acceptors (Lipinski definition) is 10. The van der Waals surface area contributed by atoms with E-state index >= 15 is 0 Å². The van der Waals surface area contributed by atoms with Crippen LogP contribution in [0.2, 0.25) is 0 Å². The molecule has 0 amide bonds. The summed E-state index contributed by atoms with van der Waals surface area (Å²) in [5.41, 5.74) is 1.01. The average molecular weight is 603 g/mol. The molecule has 0 spiro atoms. The molecule has 0 saturated carbocycles. The minimum Gasteiger partial charge on any atom is -0.491 e. The van der Waals surface area contributed by atoms with E-state index in [-0.39, 0.29) is 18.1 Å². The standard InChI is InChI=1S/C28H42O10S2/c1-3-23-39(29,30)28-10-6-26(7-11-28)38-21-20-36-17-16-34-13-12-33-14-15-35-18-19-37-22-24-40(31,32)27-8-4-25(2)5-9-27/h4-11H,3,12-24H2,1-2H3. The van der Waals surface area contributed by atoms with Gasteiger partial charge in [0.05, 0.1) is 87.4 Å². The van der Waals surface area contributed by atoms with E-state index in [1.165, 1.54) is 0 Å². The molecule has 2 aromatic carbocycles. The smallest absolute Gasteiger partial charge is 0.180 e. The van der Waals surface area contributed by atoms with Gasteiger partial charge in [-0.3, -0.25) is 0 Å².